The van der Waals surface area contributed by atoms with Crippen LogP contribution in [-0.4, -0.2) is 63.5 Å². The lowest BCUT2D eigenvalue weighted by Crippen LogP contribution is -2.46. The topological polar surface area (TPSA) is 142 Å². The molecule has 7 rings (SSSR count). The van der Waals surface area contributed by atoms with Gasteiger partial charge in [-0.3, -0.25) is 0 Å². The summed E-state index contributed by atoms with van der Waals surface area (Å²) in [6.45, 7) is 11.2. The van der Waals surface area contributed by atoms with Crippen molar-refractivity contribution in [3.05, 3.63) is 143 Å². The van der Waals surface area contributed by atoms with E-state index >= 15 is 0 Å². The summed E-state index contributed by atoms with van der Waals surface area (Å²) in [6.07, 6.45) is 1.81. The molecule has 2 aliphatic rings. The molecular formula is C50H46O12. The summed E-state index contributed by atoms with van der Waals surface area (Å²) in [5, 5.41) is 0. The molecule has 0 N–H and O–H groups in total. The van der Waals surface area contributed by atoms with Crippen molar-refractivity contribution in [1.29, 1.82) is 0 Å². The van der Waals surface area contributed by atoms with Crippen LogP contribution >= 0.6 is 0 Å². The van der Waals surface area contributed by atoms with Crippen LogP contribution in [0.4, 0.5) is 0 Å². The molecule has 0 aromatic heterocycles. The minimum Gasteiger partial charge on any atom is -0.493 e. The maximum atomic E-state index is 13.7. The highest BCUT2D eigenvalue weighted by molar-refractivity contribution is 5.96. The Bertz CT molecular complexity index is 2460. The van der Waals surface area contributed by atoms with Gasteiger partial charge >= 0.3 is 23.9 Å². The van der Waals surface area contributed by atoms with E-state index < -0.39 is 23.9 Å². The Hall–Kier alpha value is -6.94. The van der Waals surface area contributed by atoms with E-state index in [-0.39, 0.29) is 56.1 Å². The van der Waals surface area contributed by atoms with Gasteiger partial charge in [-0.05, 0) is 112 Å². The van der Waals surface area contributed by atoms with Crippen molar-refractivity contribution >= 4 is 23.9 Å². The van der Waals surface area contributed by atoms with E-state index in [1.54, 1.807) is 67.6 Å². The van der Waals surface area contributed by atoms with E-state index in [9.17, 15) is 19.2 Å². The van der Waals surface area contributed by atoms with Gasteiger partial charge in [0, 0.05) is 17.7 Å². The van der Waals surface area contributed by atoms with Crippen LogP contribution in [0, 0.1) is 29.6 Å². The molecule has 5 aromatic carbocycles. The van der Waals surface area contributed by atoms with Gasteiger partial charge in [0.15, 0.2) is 23.0 Å². The fourth-order valence-electron chi connectivity index (χ4n) is 6.41. The van der Waals surface area contributed by atoms with Crippen LogP contribution in [-0.2, 0) is 9.47 Å². The number of benzene rings is 5. The highest BCUT2D eigenvalue weighted by atomic mass is 16.6. The third-order valence-corrected chi connectivity index (χ3v) is 10.9. The largest absolute Gasteiger partial charge is 0.493 e. The number of hydrogen-bond donors (Lipinski definition) is 0. The lowest BCUT2D eigenvalue weighted by Gasteiger charge is -2.40. The summed E-state index contributed by atoms with van der Waals surface area (Å²) in [5.41, 5.74) is 2.17. The molecular weight excluding hydrogens is 793 g/mol. The van der Waals surface area contributed by atoms with Crippen LogP contribution in [0.3, 0.4) is 0 Å². The molecule has 318 valence electrons. The molecule has 2 fully saturated rings. The van der Waals surface area contributed by atoms with E-state index in [0.717, 1.165) is 30.5 Å². The number of carbonyl (C=O) groups excluding carboxylic acids is 4. The Morgan fingerprint density at radius 2 is 0.839 bits per heavy atom. The molecule has 0 amide bonds. The molecule has 0 spiro atoms. The molecule has 0 aliphatic carbocycles. The first-order valence-corrected chi connectivity index (χ1v) is 20.3. The smallest absolute Gasteiger partial charge is 0.343 e. The summed E-state index contributed by atoms with van der Waals surface area (Å²) in [4.78, 5) is 54.5. The molecule has 0 radical (unpaired) electrons. The molecule has 0 atom stereocenters. The number of rotatable bonds is 16. The molecule has 12 nitrogen and oxygen atoms in total. The Morgan fingerprint density at radius 3 is 1.13 bits per heavy atom. The highest BCUT2D eigenvalue weighted by Crippen LogP contribution is 2.42. The van der Waals surface area contributed by atoms with E-state index in [2.05, 4.69) is 25.7 Å². The van der Waals surface area contributed by atoms with Crippen molar-refractivity contribution < 1.29 is 57.1 Å². The van der Waals surface area contributed by atoms with Crippen LogP contribution < -0.4 is 28.4 Å². The molecule has 2 aliphatic heterocycles. The second-order valence-electron chi connectivity index (χ2n) is 15.4. The van der Waals surface area contributed by atoms with Gasteiger partial charge in [0.1, 0.15) is 11.5 Å². The summed E-state index contributed by atoms with van der Waals surface area (Å²) in [7, 11) is 0. The second-order valence-corrected chi connectivity index (χ2v) is 15.4. The molecule has 0 bridgehead atoms. The average molecular weight is 839 g/mol. The van der Waals surface area contributed by atoms with Gasteiger partial charge < -0.3 is 37.9 Å². The van der Waals surface area contributed by atoms with Gasteiger partial charge in [0.25, 0.3) is 0 Å². The van der Waals surface area contributed by atoms with Crippen LogP contribution in [0.15, 0.2) is 109 Å². The first kappa shape index (κ1) is 43.2. The van der Waals surface area contributed by atoms with Crippen molar-refractivity contribution in [3.8, 4) is 46.3 Å². The first-order valence-electron chi connectivity index (χ1n) is 20.3. The highest BCUT2D eigenvalue weighted by Gasteiger charge is 2.38. The van der Waals surface area contributed by atoms with Gasteiger partial charge in [0.2, 0.25) is 0 Å². The molecule has 2 saturated heterocycles. The number of aryl methyl sites for hydroxylation is 1. The van der Waals surface area contributed by atoms with Gasteiger partial charge in [-0.15, -0.1) is 5.92 Å². The van der Waals surface area contributed by atoms with Gasteiger partial charge in [-0.2, -0.15) is 0 Å². The molecule has 0 unspecified atom stereocenters. The molecule has 2 heterocycles. The zero-order valence-electron chi connectivity index (χ0n) is 34.9. The lowest BCUT2D eigenvalue weighted by molar-refractivity contribution is -0.133. The molecule has 12 heteroatoms. The Kier molecular flexibility index (Phi) is 13.4. The van der Waals surface area contributed by atoms with Gasteiger partial charge in [-0.25, -0.2) is 19.2 Å². The summed E-state index contributed by atoms with van der Waals surface area (Å²) >= 11 is 0. The average Bonchev–Trinajstić information content (AvgIpc) is 3.25. The summed E-state index contributed by atoms with van der Waals surface area (Å²) < 4.78 is 46.1. The van der Waals surface area contributed by atoms with E-state index in [0.29, 0.717) is 56.7 Å². The maximum absolute atomic E-state index is 13.7. The van der Waals surface area contributed by atoms with E-state index in [1.165, 1.54) is 36.4 Å². The van der Waals surface area contributed by atoms with Crippen LogP contribution in [0.2, 0.25) is 0 Å². The predicted octanol–water partition coefficient (Wildman–Crippen LogP) is 8.85. The number of ether oxygens (including phenoxy) is 8. The third kappa shape index (κ3) is 10.3. The van der Waals surface area contributed by atoms with Gasteiger partial charge in [0.05, 0.1) is 72.7 Å². The molecule has 62 heavy (non-hydrogen) atoms. The zero-order chi connectivity index (χ0) is 43.7. The SMILES string of the molecule is CC#Cc1ccc(C(=O)Oc2cc(OC(=O)c3ccc(OCC4(CC)COC4)cc3)c(OC(=O)c3ccc(C)cc3)cc2OC(=O)c2ccc(OCC3(CC)COC3)cc2)cc1. The Balaban J connectivity index is 1.19. The third-order valence-electron chi connectivity index (χ3n) is 10.9. The number of hydrogen-bond acceptors (Lipinski definition) is 12. The number of carbonyl (C=O) groups is 4. The van der Waals surface area contributed by atoms with E-state index in [1.807, 2.05) is 6.92 Å². The fraction of sp³-hybridized carbons (Fsp3) is 0.280. The number of esters is 4. The second kappa shape index (κ2) is 19.2. The van der Waals surface area contributed by atoms with Crippen LogP contribution in [0.1, 0.15) is 86.2 Å². The standard InChI is InChI=1S/C50H46O12/c1-5-8-34-11-15-36(16-12-34)46(52)60-42-26-43(61-47(53)37-17-21-39(22-18-37)57-31-49(6-2)27-55-28-49)41(59-45(51)35-13-9-33(4)10-14-35)25-44(42)62-48(54)38-19-23-40(24-20-38)58-32-50(7-3)29-56-30-50/h9-26H,6-7,27-32H2,1-4H3. The molecule has 0 saturated carbocycles. The summed E-state index contributed by atoms with van der Waals surface area (Å²) in [5.74, 6) is 2.36. The fourth-order valence-corrected chi connectivity index (χ4v) is 6.41. The summed E-state index contributed by atoms with van der Waals surface area (Å²) in [6, 6.07) is 28.1. The quantitative estimate of drug-likeness (QED) is 0.0532. The van der Waals surface area contributed by atoms with Crippen molar-refractivity contribution in [2.24, 2.45) is 10.8 Å². The normalized spacial score (nSPS) is 14.4. The molecule has 5 aromatic rings. The van der Waals surface area contributed by atoms with Crippen molar-refractivity contribution in [3.63, 3.8) is 0 Å². The predicted molar refractivity (Wildman–Crippen MR) is 227 cm³/mol. The van der Waals surface area contributed by atoms with Crippen LogP contribution in [0.5, 0.6) is 34.5 Å². The van der Waals surface area contributed by atoms with Crippen molar-refractivity contribution in [1.82, 2.24) is 0 Å². The minimum absolute atomic E-state index is 0.0397. The van der Waals surface area contributed by atoms with Gasteiger partial charge in [-0.1, -0.05) is 37.5 Å². The van der Waals surface area contributed by atoms with Crippen LogP contribution in [0.25, 0.3) is 0 Å². The van der Waals surface area contributed by atoms with Crippen molar-refractivity contribution in [2.45, 2.75) is 40.5 Å². The minimum atomic E-state index is -0.827. The Morgan fingerprint density at radius 1 is 0.516 bits per heavy atom. The maximum Gasteiger partial charge on any atom is 0.343 e. The zero-order valence-corrected chi connectivity index (χ0v) is 34.9. The van der Waals surface area contributed by atoms with E-state index in [4.69, 9.17) is 37.9 Å². The van der Waals surface area contributed by atoms with Crippen molar-refractivity contribution in [2.75, 3.05) is 39.6 Å². The monoisotopic (exact) mass is 838 g/mol. The first-order chi connectivity index (χ1) is 30.0. The Labute approximate surface area is 360 Å². The lowest BCUT2D eigenvalue weighted by atomic mass is 9.84.